The van der Waals surface area contributed by atoms with Crippen molar-refractivity contribution in [2.45, 2.75) is 26.8 Å². The van der Waals surface area contributed by atoms with Crippen molar-refractivity contribution in [3.8, 4) is 0 Å². The smallest absolute Gasteiger partial charge is 0.335 e. The van der Waals surface area contributed by atoms with Gasteiger partial charge in [-0.15, -0.1) is 0 Å². The number of carboxylic acid groups (broad SMARTS) is 1. The van der Waals surface area contributed by atoms with Crippen LogP contribution in [0.3, 0.4) is 0 Å². The topological polar surface area (TPSA) is 81.7 Å². The fraction of sp³-hybridized carbons (Fsp3) is 0.467. The molecular formula is C15H23N3O3. The molecule has 0 saturated carbocycles. The lowest BCUT2D eigenvalue weighted by Crippen LogP contribution is -2.37. The summed E-state index contributed by atoms with van der Waals surface area (Å²) in [5.41, 5.74) is 1.42. The van der Waals surface area contributed by atoms with Gasteiger partial charge in [-0.05, 0) is 51.6 Å². The lowest BCUT2D eigenvalue weighted by Gasteiger charge is -2.20. The summed E-state index contributed by atoms with van der Waals surface area (Å²) in [4.78, 5) is 24.8. The number of aromatic carboxylic acids is 1. The molecule has 0 aliphatic heterocycles. The molecule has 0 fully saturated rings. The van der Waals surface area contributed by atoms with E-state index in [0.717, 1.165) is 6.54 Å². The number of likely N-dealkylation sites (N-methyl/N-ethyl adjacent to an activating group) is 1. The summed E-state index contributed by atoms with van der Waals surface area (Å²) in [6.45, 7) is 7.19. The Morgan fingerprint density at radius 1 is 1.33 bits per heavy atom. The molecule has 1 aromatic carbocycles. The standard InChI is InChI=1S/C15H23N3O3/c1-10(2)18(4)8-7-16-15(21)17-12-5-6-13(14(19)20)11(3)9-12/h5-6,9-10H,7-8H2,1-4H3,(H,19,20)(H2,16,17,21). The van der Waals surface area contributed by atoms with Crippen LogP contribution in [-0.2, 0) is 0 Å². The van der Waals surface area contributed by atoms with Gasteiger partial charge in [0, 0.05) is 24.8 Å². The molecule has 6 heteroatoms. The Balaban J connectivity index is 2.48. The van der Waals surface area contributed by atoms with Crippen LogP contribution >= 0.6 is 0 Å². The largest absolute Gasteiger partial charge is 0.478 e. The number of nitrogens with one attached hydrogen (secondary N) is 2. The van der Waals surface area contributed by atoms with E-state index in [4.69, 9.17) is 5.11 Å². The van der Waals surface area contributed by atoms with E-state index in [2.05, 4.69) is 29.4 Å². The normalized spacial score (nSPS) is 10.8. The quantitative estimate of drug-likeness (QED) is 0.750. The van der Waals surface area contributed by atoms with Crippen LogP contribution in [0.25, 0.3) is 0 Å². The number of urea groups is 1. The van der Waals surface area contributed by atoms with Gasteiger partial charge in [-0.3, -0.25) is 0 Å². The molecule has 0 heterocycles. The lowest BCUT2D eigenvalue weighted by atomic mass is 10.1. The van der Waals surface area contributed by atoms with Crippen molar-refractivity contribution in [3.63, 3.8) is 0 Å². The van der Waals surface area contributed by atoms with Crippen molar-refractivity contribution in [1.29, 1.82) is 0 Å². The first-order chi connectivity index (χ1) is 9.81. The van der Waals surface area contributed by atoms with E-state index >= 15 is 0 Å². The number of carboxylic acids is 1. The molecule has 6 nitrogen and oxygen atoms in total. The molecule has 0 atom stereocenters. The first-order valence-corrected chi connectivity index (χ1v) is 6.90. The maximum absolute atomic E-state index is 11.7. The summed E-state index contributed by atoms with van der Waals surface area (Å²) in [5, 5.41) is 14.4. The minimum atomic E-state index is -0.972. The van der Waals surface area contributed by atoms with Gasteiger partial charge in [-0.1, -0.05) is 0 Å². The molecular weight excluding hydrogens is 270 g/mol. The van der Waals surface area contributed by atoms with Crippen LogP contribution in [0.15, 0.2) is 18.2 Å². The highest BCUT2D eigenvalue weighted by atomic mass is 16.4. The molecule has 0 aromatic heterocycles. The Bertz CT molecular complexity index is 515. The summed E-state index contributed by atoms with van der Waals surface area (Å²) >= 11 is 0. The van der Waals surface area contributed by atoms with Crippen LogP contribution in [-0.4, -0.2) is 48.2 Å². The van der Waals surface area contributed by atoms with Gasteiger partial charge in [0.2, 0.25) is 0 Å². The van der Waals surface area contributed by atoms with Crippen molar-refractivity contribution in [3.05, 3.63) is 29.3 Å². The number of carbonyl (C=O) groups excluding carboxylic acids is 1. The molecule has 3 N–H and O–H groups in total. The van der Waals surface area contributed by atoms with E-state index in [-0.39, 0.29) is 11.6 Å². The van der Waals surface area contributed by atoms with Gasteiger partial charge < -0.3 is 20.6 Å². The average Bonchev–Trinajstić information content (AvgIpc) is 2.37. The van der Waals surface area contributed by atoms with Crippen molar-refractivity contribution < 1.29 is 14.7 Å². The second-order valence-corrected chi connectivity index (χ2v) is 5.29. The maximum Gasteiger partial charge on any atom is 0.335 e. The van der Waals surface area contributed by atoms with Crippen molar-refractivity contribution in [2.24, 2.45) is 0 Å². The molecule has 2 amide bonds. The highest BCUT2D eigenvalue weighted by Crippen LogP contribution is 2.15. The van der Waals surface area contributed by atoms with E-state index in [1.807, 2.05) is 7.05 Å². The average molecular weight is 293 g/mol. The number of nitrogens with zero attached hydrogens (tertiary/aromatic N) is 1. The summed E-state index contributed by atoms with van der Waals surface area (Å²) in [6.07, 6.45) is 0. The van der Waals surface area contributed by atoms with Gasteiger partial charge in [-0.25, -0.2) is 9.59 Å². The molecule has 1 rings (SSSR count). The molecule has 0 aliphatic carbocycles. The van der Waals surface area contributed by atoms with E-state index < -0.39 is 5.97 Å². The number of benzene rings is 1. The Morgan fingerprint density at radius 3 is 2.52 bits per heavy atom. The van der Waals surface area contributed by atoms with Crippen LogP contribution < -0.4 is 10.6 Å². The summed E-state index contributed by atoms with van der Waals surface area (Å²) in [5.74, 6) is -0.972. The zero-order valence-electron chi connectivity index (χ0n) is 12.9. The third kappa shape index (κ3) is 5.43. The molecule has 0 saturated heterocycles. The SMILES string of the molecule is Cc1cc(NC(=O)NCCN(C)C(C)C)ccc1C(=O)O. The van der Waals surface area contributed by atoms with Crippen molar-refractivity contribution in [2.75, 3.05) is 25.5 Å². The molecule has 21 heavy (non-hydrogen) atoms. The Labute approximate surface area is 125 Å². The second-order valence-electron chi connectivity index (χ2n) is 5.29. The fourth-order valence-electron chi connectivity index (χ4n) is 1.76. The number of aryl methyl sites for hydroxylation is 1. The molecule has 0 radical (unpaired) electrons. The minimum absolute atomic E-state index is 0.236. The Hall–Kier alpha value is -2.08. The van der Waals surface area contributed by atoms with Crippen molar-refractivity contribution in [1.82, 2.24) is 10.2 Å². The molecule has 0 unspecified atom stereocenters. The van der Waals surface area contributed by atoms with Gasteiger partial charge >= 0.3 is 12.0 Å². The number of carbonyl (C=O) groups is 2. The molecule has 0 aliphatic rings. The maximum atomic E-state index is 11.7. The fourth-order valence-corrected chi connectivity index (χ4v) is 1.76. The summed E-state index contributed by atoms with van der Waals surface area (Å²) in [6, 6.07) is 4.84. The number of hydrogen-bond donors (Lipinski definition) is 3. The third-order valence-corrected chi connectivity index (χ3v) is 3.35. The van der Waals surface area contributed by atoms with Gasteiger partial charge in [0.1, 0.15) is 0 Å². The van der Waals surface area contributed by atoms with E-state index in [1.54, 1.807) is 19.1 Å². The first-order valence-electron chi connectivity index (χ1n) is 6.90. The molecule has 0 bridgehead atoms. The van der Waals surface area contributed by atoms with Gasteiger partial charge in [0.15, 0.2) is 0 Å². The molecule has 0 spiro atoms. The first kappa shape index (κ1) is 17.0. The summed E-state index contributed by atoms with van der Waals surface area (Å²) in [7, 11) is 2.00. The number of rotatable bonds is 6. The second kappa shape index (κ2) is 7.64. The van der Waals surface area contributed by atoms with Crippen LogP contribution in [0.2, 0.25) is 0 Å². The van der Waals surface area contributed by atoms with E-state index in [1.165, 1.54) is 6.07 Å². The van der Waals surface area contributed by atoms with E-state index in [0.29, 0.717) is 23.8 Å². The van der Waals surface area contributed by atoms with Crippen LogP contribution in [0, 0.1) is 6.92 Å². The Morgan fingerprint density at radius 2 is 2.00 bits per heavy atom. The lowest BCUT2D eigenvalue weighted by molar-refractivity contribution is 0.0696. The van der Waals surface area contributed by atoms with Gasteiger partial charge in [0.25, 0.3) is 0 Å². The van der Waals surface area contributed by atoms with E-state index in [9.17, 15) is 9.59 Å². The monoisotopic (exact) mass is 293 g/mol. The van der Waals surface area contributed by atoms with Crippen LogP contribution in [0.1, 0.15) is 29.8 Å². The minimum Gasteiger partial charge on any atom is -0.478 e. The number of amides is 2. The molecule has 1 aromatic rings. The summed E-state index contributed by atoms with van der Waals surface area (Å²) < 4.78 is 0. The zero-order chi connectivity index (χ0) is 16.0. The number of hydrogen-bond acceptors (Lipinski definition) is 3. The zero-order valence-corrected chi connectivity index (χ0v) is 12.9. The van der Waals surface area contributed by atoms with Crippen LogP contribution in [0.4, 0.5) is 10.5 Å². The number of anilines is 1. The highest BCUT2D eigenvalue weighted by Gasteiger charge is 2.09. The van der Waals surface area contributed by atoms with Gasteiger partial charge in [0.05, 0.1) is 5.56 Å². The van der Waals surface area contributed by atoms with Crippen molar-refractivity contribution >= 4 is 17.7 Å². The third-order valence-electron chi connectivity index (χ3n) is 3.35. The Kier molecular flexibility index (Phi) is 6.17. The highest BCUT2D eigenvalue weighted by molar-refractivity contribution is 5.92. The predicted octanol–water partition coefficient (Wildman–Crippen LogP) is 2.15. The predicted molar refractivity (Wildman–Crippen MR) is 82.9 cm³/mol. The van der Waals surface area contributed by atoms with Gasteiger partial charge in [-0.2, -0.15) is 0 Å². The van der Waals surface area contributed by atoms with Crippen LogP contribution in [0.5, 0.6) is 0 Å². The molecule has 116 valence electrons.